The number of aliphatic carboxylic acids is 1. The van der Waals surface area contributed by atoms with E-state index in [1.807, 2.05) is 6.07 Å². The molecule has 7 heteroatoms. The summed E-state index contributed by atoms with van der Waals surface area (Å²) in [5, 5.41) is 20.2. The van der Waals surface area contributed by atoms with Crippen LogP contribution in [0, 0.1) is 17.1 Å². The Hall–Kier alpha value is -2.62. The van der Waals surface area contributed by atoms with E-state index in [9.17, 15) is 14.0 Å². The van der Waals surface area contributed by atoms with Gasteiger partial charge in [-0.3, -0.25) is 4.79 Å². The lowest BCUT2D eigenvalue weighted by Crippen LogP contribution is -2.38. The second-order valence-electron chi connectivity index (χ2n) is 4.80. The van der Waals surface area contributed by atoms with Crippen molar-refractivity contribution in [3.8, 4) is 6.07 Å². The van der Waals surface area contributed by atoms with E-state index >= 15 is 0 Å². The molecule has 1 fully saturated rings. The Morgan fingerprint density at radius 3 is 2.76 bits per heavy atom. The zero-order valence-electron chi connectivity index (χ0n) is 11.2. The molecule has 0 unspecified atom stereocenters. The predicted molar refractivity (Wildman–Crippen MR) is 72.1 cm³/mol. The fraction of sp³-hybridized carbons (Fsp3) is 0.357. The molecule has 0 aromatic heterocycles. The number of urea groups is 1. The number of halogens is 1. The van der Waals surface area contributed by atoms with Gasteiger partial charge in [-0.2, -0.15) is 5.26 Å². The fourth-order valence-corrected chi connectivity index (χ4v) is 1.96. The average Bonchev–Trinajstić information content (AvgIpc) is 3.25. The molecule has 1 aromatic carbocycles. The Morgan fingerprint density at radius 2 is 2.19 bits per heavy atom. The summed E-state index contributed by atoms with van der Waals surface area (Å²) < 4.78 is 13.0. The van der Waals surface area contributed by atoms with E-state index in [2.05, 4.69) is 5.32 Å². The maximum absolute atomic E-state index is 13.0. The largest absolute Gasteiger partial charge is 0.481 e. The molecule has 0 spiro atoms. The molecule has 0 bridgehead atoms. The zero-order valence-corrected chi connectivity index (χ0v) is 11.2. The van der Waals surface area contributed by atoms with E-state index in [0.29, 0.717) is 0 Å². The first-order chi connectivity index (χ1) is 10.0. The van der Waals surface area contributed by atoms with Crippen molar-refractivity contribution in [1.82, 2.24) is 4.90 Å². The summed E-state index contributed by atoms with van der Waals surface area (Å²) in [5.41, 5.74) is 0.238. The van der Waals surface area contributed by atoms with Crippen molar-refractivity contribution in [3.05, 3.63) is 29.6 Å². The number of carbonyl (C=O) groups is 2. The molecule has 0 atom stereocenters. The summed E-state index contributed by atoms with van der Waals surface area (Å²) in [4.78, 5) is 24.2. The van der Waals surface area contributed by atoms with E-state index in [1.165, 1.54) is 11.0 Å². The molecule has 0 aliphatic heterocycles. The molecular formula is C14H14FN3O3. The van der Waals surface area contributed by atoms with Gasteiger partial charge in [0.05, 0.1) is 17.7 Å². The standard InChI is InChI=1S/C14H14FN3O3/c15-10-1-4-12(9(7-10)8-16)17-14(21)18(11-2-3-11)6-5-13(19)20/h1,4,7,11H,2-3,5-6H2,(H,17,21)(H,19,20). The number of anilines is 1. The van der Waals surface area contributed by atoms with Crippen LogP contribution in [0.15, 0.2) is 18.2 Å². The van der Waals surface area contributed by atoms with Gasteiger partial charge in [0.1, 0.15) is 11.9 Å². The SMILES string of the molecule is N#Cc1cc(F)ccc1NC(=O)N(CCC(=O)O)C1CC1. The quantitative estimate of drug-likeness (QED) is 0.869. The monoisotopic (exact) mass is 291 g/mol. The van der Waals surface area contributed by atoms with Gasteiger partial charge in [-0.25, -0.2) is 9.18 Å². The van der Waals surface area contributed by atoms with Crippen molar-refractivity contribution in [2.24, 2.45) is 0 Å². The summed E-state index contributed by atoms with van der Waals surface area (Å²) in [5.74, 6) is -1.54. The second-order valence-corrected chi connectivity index (χ2v) is 4.80. The van der Waals surface area contributed by atoms with Gasteiger partial charge in [0.25, 0.3) is 0 Å². The van der Waals surface area contributed by atoms with Gasteiger partial charge in [-0.15, -0.1) is 0 Å². The second kappa shape index (κ2) is 6.22. The number of amides is 2. The summed E-state index contributed by atoms with van der Waals surface area (Å²) in [7, 11) is 0. The Morgan fingerprint density at radius 1 is 1.48 bits per heavy atom. The van der Waals surface area contributed by atoms with Crippen LogP contribution in [0.1, 0.15) is 24.8 Å². The number of hydrogen-bond donors (Lipinski definition) is 2. The van der Waals surface area contributed by atoms with Crippen LogP contribution in [0.5, 0.6) is 0 Å². The lowest BCUT2D eigenvalue weighted by molar-refractivity contribution is -0.137. The summed E-state index contributed by atoms with van der Waals surface area (Å²) >= 11 is 0. The fourth-order valence-electron chi connectivity index (χ4n) is 1.96. The van der Waals surface area contributed by atoms with E-state index in [-0.39, 0.29) is 30.3 Å². The number of hydrogen-bond acceptors (Lipinski definition) is 3. The minimum Gasteiger partial charge on any atom is -0.481 e. The first kappa shape index (κ1) is 14.8. The Bertz CT molecular complexity index is 608. The normalized spacial score (nSPS) is 13.3. The number of nitrogens with zero attached hydrogens (tertiary/aromatic N) is 2. The highest BCUT2D eigenvalue weighted by Gasteiger charge is 2.32. The molecule has 21 heavy (non-hydrogen) atoms. The minimum absolute atomic E-state index is 0.0253. The van der Waals surface area contributed by atoms with Crippen LogP contribution in [-0.2, 0) is 4.79 Å². The summed E-state index contributed by atoms with van der Waals surface area (Å²) in [6.45, 7) is 0.106. The third-order valence-corrected chi connectivity index (χ3v) is 3.16. The molecule has 1 aromatic rings. The number of nitrogens with one attached hydrogen (secondary N) is 1. The number of benzene rings is 1. The van der Waals surface area contributed by atoms with Crippen molar-refractivity contribution in [2.45, 2.75) is 25.3 Å². The number of carboxylic acid groups (broad SMARTS) is 1. The third kappa shape index (κ3) is 3.92. The third-order valence-electron chi connectivity index (χ3n) is 3.16. The van der Waals surface area contributed by atoms with Crippen LogP contribution in [0.2, 0.25) is 0 Å². The van der Waals surface area contributed by atoms with Crippen LogP contribution >= 0.6 is 0 Å². The van der Waals surface area contributed by atoms with Crippen molar-refractivity contribution in [1.29, 1.82) is 5.26 Å². The Balaban J connectivity index is 2.08. The number of carboxylic acids is 1. The molecule has 2 amide bonds. The molecule has 1 aliphatic carbocycles. The first-order valence-corrected chi connectivity index (χ1v) is 6.50. The van der Waals surface area contributed by atoms with Crippen LogP contribution in [0.25, 0.3) is 0 Å². The van der Waals surface area contributed by atoms with Gasteiger partial charge in [0, 0.05) is 12.6 Å². The zero-order chi connectivity index (χ0) is 15.4. The van der Waals surface area contributed by atoms with E-state index in [0.717, 1.165) is 25.0 Å². The van der Waals surface area contributed by atoms with Gasteiger partial charge in [-0.05, 0) is 31.0 Å². The van der Waals surface area contributed by atoms with Gasteiger partial charge in [0.15, 0.2) is 0 Å². The minimum atomic E-state index is -0.979. The van der Waals surface area contributed by atoms with Crippen molar-refractivity contribution < 1.29 is 19.1 Å². The number of nitriles is 1. The lowest BCUT2D eigenvalue weighted by atomic mass is 10.2. The van der Waals surface area contributed by atoms with E-state index in [1.54, 1.807) is 0 Å². The van der Waals surface area contributed by atoms with Crippen molar-refractivity contribution in [2.75, 3.05) is 11.9 Å². The highest BCUT2D eigenvalue weighted by Crippen LogP contribution is 2.28. The molecule has 2 N–H and O–H groups in total. The van der Waals surface area contributed by atoms with Crippen LogP contribution in [-0.4, -0.2) is 34.6 Å². The lowest BCUT2D eigenvalue weighted by Gasteiger charge is -2.22. The number of carbonyl (C=O) groups excluding carboxylic acids is 1. The molecule has 2 rings (SSSR count). The Kier molecular flexibility index (Phi) is 4.38. The van der Waals surface area contributed by atoms with Crippen molar-refractivity contribution in [3.63, 3.8) is 0 Å². The van der Waals surface area contributed by atoms with Crippen LogP contribution < -0.4 is 5.32 Å². The van der Waals surface area contributed by atoms with Crippen LogP contribution in [0.3, 0.4) is 0 Å². The molecule has 110 valence electrons. The first-order valence-electron chi connectivity index (χ1n) is 6.50. The van der Waals surface area contributed by atoms with E-state index < -0.39 is 17.8 Å². The molecule has 6 nitrogen and oxygen atoms in total. The molecule has 1 aliphatic rings. The number of rotatable bonds is 5. The molecule has 0 heterocycles. The van der Waals surface area contributed by atoms with E-state index in [4.69, 9.17) is 10.4 Å². The van der Waals surface area contributed by atoms with Gasteiger partial charge in [0.2, 0.25) is 0 Å². The summed E-state index contributed by atoms with van der Waals surface area (Å²) in [6.07, 6.45) is 1.53. The smallest absolute Gasteiger partial charge is 0.322 e. The van der Waals surface area contributed by atoms with Crippen LogP contribution in [0.4, 0.5) is 14.9 Å². The average molecular weight is 291 g/mol. The highest BCUT2D eigenvalue weighted by molar-refractivity contribution is 5.91. The van der Waals surface area contributed by atoms with Crippen molar-refractivity contribution >= 4 is 17.7 Å². The maximum atomic E-state index is 13.0. The molecular weight excluding hydrogens is 277 g/mol. The Labute approximate surface area is 120 Å². The summed E-state index contributed by atoms with van der Waals surface area (Å²) in [6, 6.07) is 4.87. The molecule has 0 saturated heterocycles. The molecule has 1 saturated carbocycles. The molecule has 0 radical (unpaired) electrons. The topological polar surface area (TPSA) is 93.4 Å². The van der Waals surface area contributed by atoms with Gasteiger partial charge >= 0.3 is 12.0 Å². The predicted octanol–water partition coefficient (Wildman–Crippen LogP) is 2.17. The van der Waals surface area contributed by atoms with Gasteiger partial charge in [-0.1, -0.05) is 0 Å². The van der Waals surface area contributed by atoms with Gasteiger partial charge < -0.3 is 15.3 Å². The maximum Gasteiger partial charge on any atom is 0.322 e. The highest BCUT2D eigenvalue weighted by atomic mass is 19.1.